The number of halogens is 1. The number of rotatable bonds is 7. The highest BCUT2D eigenvalue weighted by Gasteiger charge is 2.00. The molecule has 0 saturated heterocycles. The molecule has 0 heterocycles. The normalized spacial score (nSPS) is 10.1. The molecule has 3 nitrogen and oxygen atoms in total. The zero-order valence-corrected chi connectivity index (χ0v) is 9.87. The van der Waals surface area contributed by atoms with Crippen LogP contribution in [0.4, 0.5) is 5.69 Å². The largest absolute Gasteiger partial charge is 0.492 e. The number of anilines is 1. The summed E-state index contributed by atoms with van der Waals surface area (Å²) in [5.41, 5.74) is 7.38. The van der Waals surface area contributed by atoms with Crippen molar-refractivity contribution in [2.45, 2.75) is 6.61 Å². The maximum Gasteiger partial charge on any atom is 0.121 e. The Balaban J connectivity index is 2.61. The Morgan fingerprint density at radius 3 is 2.88 bits per heavy atom. The molecular weight excluding hydrogens is 226 g/mol. The number of hydrogen-bond donors (Lipinski definition) is 1. The van der Waals surface area contributed by atoms with Crippen molar-refractivity contribution in [3.05, 3.63) is 36.4 Å². The van der Waals surface area contributed by atoms with Crippen LogP contribution in [0.5, 0.6) is 5.75 Å². The lowest BCUT2D eigenvalue weighted by atomic mass is 10.2. The van der Waals surface area contributed by atoms with E-state index in [-0.39, 0.29) is 0 Å². The van der Waals surface area contributed by atoms with E-state index in [1.54, 1.807) is 12.1 Å². The number of ether oxygens (including phenoxy) is 2. The van der Waals surface area contributed by atoms with Gasteiger partial charge in [0.25, 0.3) is 0 Å². The number of alkyl halides is 1. The fraction of sp³-hybridized carbons (Fsp3) is 0.333. The Bertz CT molecular complexity index is 342. The summed E-state index contributed by atoms with van der Waals surface area (Å²) in [6.45, 7) is 5.06. The molecule has 0 aliphatic heterocycles. The molecule has 0 amide bonds. The molecule has 1 rings (SSSR count). The quantitative estimate of drug-likeness (QED) is 0.345. The molecule has 2 N–H and O–H groups in total. The minimum absolute atomic E-state index is 0.455. The minimum Gasteiger partial charge on any atom is -0.492 e. The number of nitrogens with two attached hydrogens (primary N) is 1. The van der Waals surface area contributed by atoms with Crippen LogP contribution in [-0.4, -0.2) is 19.1 Å². The van der Waals surface area contributed by atoms with E-state index in [4.69, 9.17) is 26.8 Å². The molecule has 16 heavy (non-hydrogen) atoms. The van der Waals surface area contributed by atoms with Crippen molar-refractivity contribution in [3.8, 4) is 5.75 Å². The smallest absolute Gasteiger partial charge is 0.121 e. The van der Waals surface area contributed by atoms with Crippen molar-refractivity contribution in [2.24, 2.45) is 0 Å². The van der Waals surface area contributed by atoms with Crippen molar-refractivity contribution in [3.63, 3.8) is 0 Å². The van der Waals surface area contributed by atoms with Crippen LogP contribution in [-0.2, 0) is 11.3 Å². The van der Waals surface area contributed by atoms with Crippen LogP contribution >= 0.6 is 11.6 Å². The summed E-state index contributed by atoms with van der Waals surface area (Å²) < 4.78 is 10.7. The molecule has 0 aliphatic carbocycles. The molecule has 0 saturated carbocycles. The van der Waals surface area contributed by atoms with Crippen molar-refractivity contribution in [2.75, 3.05) is 24.8 Å². The van der Waals surface area contributed by atoms with Gasteiger partial charge >= 0.3 is 0 Å². The van der Waals surface area contributed by atoms with Gasteiger partial charge in [-0.25, -0.2) is 0 Å². The van der Waals surface area contributed by atoms with Crippen molar-refractivity contribution in [1.29, 1.82) is 0 Å². The van der Waals surface area contributed by atoms with E-state index in [0.29, 0.717) is 31.4 Å². The lowest BCUT2D eigenvalue weighted by Crippen LogP contribution is -2.01. The third kappa shape index (κ3) is 4.55. The highest BCUT2D eigenvalue weighted by atomic mass is 35.5. The third-order valence-electron chi connectivity index (χ3n) is 1.84. The summed E-state index contributed by atoms with van der Waals surface area (Å²) >= 11 is 5.54. The molecule has 1 aromatic rings. The molecule has 1 aromatic carbocycles. The van der Waals surface area contributed by atoms with Gasteiger partial charge in [0.2, 0.25) is 0 Å². The van der Waals surface area contributed by atoms with Gasteiger partial charge in [-0.2, -0.15) is 0 Å². The van der Waals surface area contributed by atoms with Gasteiger partial charge < -0.3 is 15.2 Å². The van der Waals surface area contributed by atoms with Gasteiger partial charge in [-0.15, -0.1) is 18.2 Å². The topological polar surface area (TPSA) is 44.5 Å². The van der Waals surface area contributed by atoms with Crippen molar-refractivity contribution < 1.29 is 9.47 Å². The van der Waals surface area contributed by atoms with Gasteiger partial charge in [-0.3, -0.25) is 0 Å². The zero-order chi connectivity index (χ0) is 11.8. The van der Waals surface area contributed by atoms with E-state index < -0.39 is 0 Å². The second-order valence-corrected chi connectivity index (χ2v) is 3.63. The number of hydrogen-bond acceptors (Lipinski definition) is 3. The molecule has 0 bridgehead atoms. The average Bonchev–Trinajstić information content (AvgIpc) is 2.26. The Kier molecular flexibility index (Phi) is 5.75. The summed E-state index contributed by atoms with van der Waals surface area (Å²) in [4.78, 5) is 0. The van der Waals surface area contributed by atoms with Crippen LogP contribution in [0.3, 0.4) is 0 Å². The highest BCUT2D eigenvalue weighted by molar-refractivity contribution is 6.18. The second-order valence-electron chi connectivity index (χ2n) is 3.25. The lowest BCUT2D eigenvalue weighted by molar-refractivity contribution is 0.148. The molecule has 88 valence electrons. The van der Waals surface area contributed by atoms with E-state index in [1.807, 2.05) is 12.1 Å². The summed E-state index contributed by atoms with van der Waals surface area (Å²) in [7, 11) is 0. The van der Waals surface area contributed by atoms with E-state index in [1.165, 1.54) is 0 Å². The third-order valence-corrected chi connectivity index (χ3v) is 1.99. The van der Waals surface area contributed by atoms with Crippen LogP contribution < -0.4 is 10.5 Å². The average molecular weight is 242 g/mol. The van der Waals surface area contributed by atoms with E-state index >= 15 is 0 Å². The first-order valence-corrected chi connectivity index (χ1v) is 5.56. The Morgan fingerprint density at radius 1 is 1.38 bits per heavy atom. The minimum atomic E-state index is 0.455. The predicted octanol–water partition coefficient (Wildman–Crippen LogP) is 2.59. The molecule has 0 spiro atoms. The van der Waals surface area contributed by atoms with Crippen molar-refractivity contribution >= 4 is 17.3 Å². The second kappa shape index (κ2) is 7.14. The van der Waals surface area contributed by atoms with Gasteiger partial charge in [-0.1, -0.05) is 6.08 Å². The summed E-state index contributed by atoms with van der Waals surface area (Å²) in [6, 6.07) is 5.52. The van der Waals surface area contributed by atoms with E-state index in [2.05, 4.69) is 6.58 Å². The first-order chi connectivity index (χ1) is 7.76. The molecule has 4 heteroatoms. The van der Waals surface area contributed by atoms with Gasteiger partial charge in [0.05, 0.1) is 19.1 Å². The molecule has 0 fully saturated rings. The SMILES string of the molecule is C=CCOCc1cc(N)cc(OCCCl)c1. The molecule has 0 aliphatic rings. The standard InChI is InChI=1S/C12H16ClNO2/c1-2-4-15-9-10-6-11(14)8-12(7-10)16-5-3-13/h2,6-8H,1,3-5,9,14H2. The van der Waals surface area contributed by atoms with Crippen LogP contribution in [0.15, 0.2) is 30.9 Å². The Hall–Kier alpha value is -1.19. The maximum absolute atomic E-state index is 5.75. The van der Waals surface area contributed by atoms with Gasteiger partial charge in [0.15, 0.2) is 0 Å². The lowest BCUT2D eigenvalue weighted by Gasteiger charge is -2.08. The van der Waals surface area contributed by atoms with Crippen LogP contribution in [0.25, 0.3) is 0 Å². The first-order valence-electron chi connectivity index (χ1n) is 5.03. The number of nitrogen functional groups attached to an aromatic ring is 1. The fourth-order valence-corrected chi connectivity index (χ4v) is 1.35. The van der Waals surface area contributed by atoms with Gasteiger partial charge in [0, 0.05) is 11.8 Å². The zero-order valence-electron chi connectivity index (χ0n) is 9.12. The monoisotopic (exact) mass is 241 g/mol. The van der Waals surface area contributed by atoms with Gasteiger partial charge in [-0.05, 0) is 17.7 Å². The molecule has 0 unspecified atom stereocenters. The highest BCUT2D eigenvalue weighted by Crippen LogP contribution is 2.19. The molecule has 0 atom stereocenters. The fourth-order valence-electron chi connectivity index (χ4n) is 1.27. The van der Waals surface area contributed by atoms with E-state index in [0.717, 1.165) is 11.3 Å². The van der Waals surface area contributed by atoms with Crippen LogP contribution in [0.1, 0.15) is 5.56 Å². The Labute approximate surface area is 101 Å². The van der Waals surface area contributed by atoms with Gasteiger partial charge in [0.1, 0.15) is 12.4 Å². The summed E-state index contributed by atoms with van der Waals surface area (Å²) in [5, 5.41) is 0. The molecule has 0 radical (unpaired) electrons. The van der Waals surface area contributed by atoms with Crippen LogP contribution in [0.2, 0.25) is 0 Å². The molecule has 0 aromatic heterocycles. The number of benzene rings is 1. The first kappa shape index (κ1) is 12.9. The summed E-state index contributed by atoms with van der Waals surface area (Å²) in [6.07, 6.45) is 1.71. The van der Waals surface area contributed by atoms with E-state index in [9.17, 15) is 0 Å². The maximum atomic E-state index is 5.75. The Morgan fingerprint density at radius 2 is 2.19 bits per heavy atom. The summed E-state index contributed by atoms with van der Waals surface area (Å²) in [5.74, 6) is 1.18. The predicted molar refractivity (Wildman–Crippen MR) is 66.9 cm³/mol. The molecular formula is C12H16ClNO2. The van der Waals surface area contributed by atoms with Crippen molar-refractivity contribution in [1.82, 2.24) is 0 Å². The van der Waals surface area contributed by atoms with Crippen LogP contribution in [0, 0.1) is 0 Å².